The monoisotopic (exact) mass is 434 g/mol. The van der Waals surface area contributed by atoms with Gasteiger partial charge in [0.15, 0.2) is 0 Å². The molecular formula is C23H19FN4O2S. The minimum absolute atomic E-state index is 0.0513. The molecule has 0 aliphatic heterocycles. The highest BCUT2D eigenvalue weighted by Gasteiger charge is 2.18. The number of nitrogens with one attached hydrogen (secondary N) is 2. The molecule has 0 aliphatic carbocycles. The molecule has 0 unspecified atom stereocenters. The van der Waals surface area contributed by atoms with Gasteiger partial charge in [-0.25, -0.2) is 9.87 Å². The molecule has 31 heavy (non-hydrogen) atoms. The van der Waals surface area contributed by atoms with Crippen molar-refractivity contribution in [3.05, 3.63) is 83.6 Å². The first kappa shape index (κ1) is 20.8. The summed E-state index contributed by atoms with van der Waals surface area (Å²) in [6.07, 6.45) is 5.53. The van der Waals surface area contributed by atoms with Crippen molar-refractivity contribution >= 4 is 40.7 Å². The SMILES string of the molecule is CCONC(=O)c1c(F)cccc1Sc1ccc2c(C=Cc3ccccn3)n[nH]c2c1. The average Bonchev–Trinajstić information content (AvgIpc) is 3.19. The molecule has 0 saturated heterocycles. The quantitative estimate of drug-likeness (QED) is 0.396. The number of benzene rings is 2. The molecule has 8 heteroatoms. The van der Waals surface area contributed by atoms with E-state index < -0.39 is 11.7 Å². The number of aromatic amines is 1. The lowest BCUT2D eigenvalue weighted by molar-refractivity contribution is 0.0358. The zero-order valence-electron chi connectivity index (χ0n) is 16.6. The van der Waals surface area contributed by atoms with Crippen LogP contribution in [0.1, 0.15) is 28.7 Å². The van der Waals surface area contributed by atoms with Crippen LogP contribution in [0.25, 0.3) is 23.1 Å². The van der Waals surface area contributed by atoms with Crippen LogP contribution in [-0.4, -0.2) is 27.7 Å². The number of pyridine rings is 1. The number of rotatable bonds is 7. The van der Waals surface area contributed by atoms with Crippen molar-refractivity contribution in [2.75, 3.05) is 6.61 Å². The smallest absolute Gasteiger partial charge is 0.277 e. The number of amides is 1. The largest absolute Gasteiger partial charge is 0.278 e. The second-order valence-corrected chi connectivity index (χ2v) is 7.60. The first-order chi connectivity index (χ1) is 15.2. The summed E-state index contributed by atoms with van der Waals surface area (Å²) in [7, 11) is 0. The fourth-order valence-corrected chi connectivity index (χ4v) is 3.98. The van der Waals surface area contributed by atoms with E-state index in [1.54, 1.807) is 25.3 Å². The summed E-state index contributed by atoms with van der Waals surface area (Å²) in [6.45, 7) is 2.02. The Morgan fingerprint density at radius 2 is 2.10 bits per heavy atom. The second kappa shape index (κ2) is 9.55. The van der Waals surface area contributed by atoms with E-state index in [4.69, 9.17) is 4.84 Å². The van der Waals surface area contributed by atoms with E-state index in [2.05, 4.69) is 20.7 Å². The van der Waals surface area contributed by atoms with Gasteiger partial charge in [0, 0.05) is 21.4 Å². The Labute approximate surface area is 182 Å². The van der Waals surface area contributed by atoms with Gasteiger partial charge in [0.2, 0.25) is 0 Å². The van der Waals surface area contributed by atoms with Crippen molar-refractivity contribution < 1.29 is 14.0 Å². The molecule has 156 valence electrons. The van der Waals surface area contributed by atoms with Gasteiger partial charge in [0.25, 0.3) is 5.91 Å². The second-order valence-electron chi connectivity index (χ2n) is 6.48. The summed E-state index contributed by atoms with van der Waals surface area (Å²) >= 11 is 1.29. The number of carbonyl (C=O) groups is 1. The summed E-state index contributed by atoms with van der Waals surface area (Å²) in [4.78, 5) is 22.8. The Bertz CT molecular complexity index is 1240. The molecule has 6 nitrogen and oxygen atoms in total. The standard InChI is InChI=1S/C23H19FN4O2S/c1-2-30-28-23(29)22-18(24)7-5-8-21(22)31-16-10-11-17-19(26-27-20(17)14-16)12-9-15-6-3-4-13-25-15/h3-14H,2H2,1H3,(H,26,27)(H,28,29). The number of hydroxylamine groups is 1. The van der Waals surface area contributed by atoms with Gasteiger partial charge in [-0.3, -0.25) is 19.7 Å². The van der Waals surface area contributed by atoms with E-state index in [1.165, 1.54) is 17.8 Å². The molecule has 0 radical (unpaired) electrons. The van der Waals surface area contributed by atoms with Gasteiger partial charge in [-0.15, -0.1) is 0 Å². The fourth-order valence-electron chi connectivity index (χ4n) is 2.97. The van der Waals surface area contributed by atoms with E-state index >= 15 is 0 Å². The minimum Gasteiger partial charge on any atom is -0.277 e. The Balaban J connectivity index is 1.59. The lowest BCUT2D eigenvalue weighted by atomic mass is 10.2. The minimum atomic E-state index is -0.619. The van der Waals surface area contributed by atoms with E-state index in [9.17, 15) is 9.18 Å². The Hall–Kier alpha value is -3.49. The van der Waals surface area contributed by atoms with Crippen LogP contribution in [0.2, 0.25) is 0 Å². The van der Waals surface area contributed by atoms with Crippen LogP contribution in [0.4, 0.5) is 4.39 Å². The van der Waals surface area contributed by atoms with Crippen LogP contribution >= 0.6 is 11.8 Å². The van der Waals surface area contributed by atoms with Gasteiger partial charge >= 0.3 is 0 Å². The van der Waals surface area contributed by atoms with Crippen LogP contribution < -0.4 is 5.48 Å². The molecule has 2 N–H and O–H groups in total. The molecular weight excluding hydrogens is 415 g/mol. The van der Waals surface area contributed by atoms with Gasteiger partial charge in [0.05, 0.1) is 29.1 Å². The summed E-state index contributed by atoms with van der Waals surface area (Å²) < 4.78 is 14.4. The van der Waals surface area contributed by atoms with Crippen LogP contribution in [-0.2, 0) is 4.84 Å². The molecule has 4 aromatic rings. The van der Waals surface area contributed by atoms with Gasteiger partial charge < -0.3 is 0 Å². The molecule has 0 spiro atoms. The van der Waals surface area contributed by atoms with E-state index in [0.29, 0.717) is 4.90 Å². The van der Waals surface area contributed by atoms with Crippen LogP contribution in [0.15, 0.2) is 70.6 Å². The number of aromatic nitrogens is 3. The van der Waals surface area contributed by atoms with Crippen molar-refractivity contribution in [1.29, 1.82) is 0 Å². The third-order valence-electron chi connectivity index (χ3n) is 4.40. The fraction of sp³-hybridized carbons (Fsp3) is 0.0870. The molecule has 0 bridgehead atoms. The highest BCUT2D eigenvalue weighted by Crippen LogP contribution is 2.33. The van der Waals surface area contributed by atoms with Gasteiger partial charge in [-0.05, 0) is 61.5 Å². The normalized spacial score (nSPS) is 11.3. The molecule has 2 aromatic heterocycles. The molecule has 4 rings (SSSR count). The first-order valence-corrected chi connectivity index (χ1v) is 10.4. The van der Waals surface area contributed by atoms with Crippen molar-refractivity contribution in [2.45, 2.75) is 16.7 Å². The van der Waals surface area contributed by atoms with Gasteiger partial charge in [-0.1, -0.05) is 23.9 Å². The van der Waals surface area contributed by atoms with Crippen molar-refractivity contribution in [2.24, 2.45) is 0 Å². The summed E-state index contributed by atoms with van der Waals surface area (Å²) in [5.74, 6) is -1.22. The maximum absolute atomic E-state index is 14.4. The maximum Gasteiger partial charge on any atom is 0.278 e. The molecule has 0 aliphatic rings. The number of hydrogen-bond acceptors (Lipinski definition) is 5. The Morgan fingerprint density at radius 3 is 2.90 bits per heavy atom. The number of halogens is 1. The molecule has 0 saturated carbocycles. The van der Waals surface area contributed by atoms with Crippen LogP contribution in [0.3, 0.4) is 0 Å². The van der Waals surface area contributed by atoms with Crippen molar-refractivity contribution in [3.63, 3.8) is 0 Å². The highest BCUT2D eigenvalue weighted by molar-refractivity contribution is 7.99. The lowest BCUT2D eigenvalue weighted by Gasteiger charge is -2.10. The molecule has 2 aromatic carbocycles. The first-order valence-electron chi connectivity index (χ1n) is 9.61. The Morgan fingerprint density at radius 1 is 1.19 bits per heavy atom. The van der Waals surface area contributed by atoms with Gasteiger partial charge in [-0.2, -0.15) is 5.10 Å². The van der Waals surface area contributed by atoms with E-state index in [1.807, 2.05) is 48.6 Å². The average molecular weight is 434 g/mol. The number of carbonyl (C=O) groups excluding carboxylic acids is 1. The summed E-state index contributed by atoms with van der Waals surface area (Å²) in [5.41, 5.74) is 4.67. The topological polar surface area (TPSA) is 79.9 Å². The number of fused-ring (bicyclic) bond motifs is 1. The summed E-state index contributed by atoms with van der Waals surface area (Å²) in [6, 6.07) is 16.0. The van der Waals surface area contributed by atoms with Crippen molar-refractivity contribution in [3.8, 4) is 0 Å². The van der Waals surface area contributed by atoms with Crippen LogP contribution in [0, 0.1) is 5.82 Å². The lowest BCUT2D eigenvalue weighted by Crippen LogP contribution is -2.25. The van der Waals surface area contributed by atoms with E-state index in [-0.39, 0.29) is 12.2 Å². The van der Waals surface area contributed by atoms with E-state index in [0.717, 1.165) is 27.2 Å². The number of nitrogens with zero attached hydrogens (tertiary/aromatic N) is 2. The predicted octanol–water partition coefficient (Wildman–Crippen LogP) is 5.10. The molecule has 0 fully saturated rings. The zero-order valence-corrected chi connectivity index (χ0v) is 17.4. The highest BCUT2D eigenvalue weighted by atomic mass is 32.2. The maximum atomic E-state index is 14.4. The molecule has 2 heterocycles. The predicted molar refractivity (Wildman–Crippen MR) is 119 cm³/mol. The van der Waals surface area contributed by atoms with Gasteiger partial charge in [0.1, 0.15) is 5.82 Å². The van der Waals surface area contributed by atoms with Crippen LogP contribution in [0.5, 0.6) is 0 Å². The molecule has 1 amide bonds. The van der Waals surface area contributed by atoms with Crippen molar-refractivity contribution in [1.82, 2.24) is 20.7 Å². The molecule has 0 atom stereocenters. The number of hydrogen-bond donors (Lipinski definition) is 2. The Kier molecular flexibility index (Phi) is 6.40. The number of H-pyrrole nitrogens is 1. The zero-order chi connectivity index (χ0) is 21.6. The third kappa shape index (κ3) is 4.82. The third-order valence-corrected chi connectivity index (χ3v) is 5.45. The summed E-state index contributed by atoms with van der Waals surface area (Å²) in [5, 5.41) is 8.33.